The lowest BCUT2D eigenvalue weighted by atomic mass is 10.2. The molecule has 0 fully saturated rings. The van der Waals surface area contributed by atoms with Crippen molar-refractivity contribution in [3.8, 4) is 23.0 Å². The molecule has 1 aliphatic heterocycles. The monoisotopic (exact) mass is 392 g/mol. The Kier molecular flexibility index (Phi) is 5.40. The van der Waals surface area contributed by atoms with Gasteiger partial charge in [0.2, 0.25) is 12.7 Å². The Labute approximate surface area is 157 Å². The fourth-order valence-corrected chi connectivity index (χ4v) is 3.63. The summed E-state index contributed by atoms with van der Waals surface area (Å²) in [7, 11) is 0. The second-order valence-electron chi connectivity index (χ2n) is 5.50. The average Bonchev–Trinajstić information content (AvgIpc) is 3.40. The first-order valence-corrected chi connectivity index (χ1v) is 9.79. The van der Waals surface area contributed by atoms with Crippen LogP contribution < -0.4 is 9.47 Å². The van der Waals surface area contributed by atoms with Crippen molar-refractivity contribution in [1.29, 1.82) is 0 Å². The molecule has 3 heterocycles. The number of aromatic nitrogens is 2. The van der Waals surface area contributed by atoms with E-state index in [1.54, 1.807) is 17.4 Å². The van der Waals surface area contributed by atoms with Crippen LogP contribution in [0.5, 0.6) is 11.5 Å². The summed E-state index contributed by atoms with van der Waals surface area (Å²) < 4.78 is 21.8. The first-order chi connectivity index (χ1) is 12.8. The fraction of sp³-hybridized carbons (Fsp3) is 0.294. The quantitative estimate of drug-likeness (QED) is 0.585. The average molecular weight is 392 g/mol. The molecule has 2 aromatic heterocycles. The van der Waals surface area contributed by atoms with E-state index in [2.05, 4.69) is 10.2 Å². The number of ether oxygens (including phenoxy) is 3. The van der Waals surface area contributed by atoms with E-state index in [1.807, 2.05) is 29.6 Å². The van der Waals surface area contributed by atoms with Crippen LogP contribution in [0.1, 0.15) is 4.88 Å². The second-order valence-corrected chi connectivity index (χ2v) is 7.50. The number of benzene rings is 1. The third kappa shape index (κ3) is 4.18. The van der Waals surface area contributed by atoms with Crippen molar-refractivity contribution < 1.29 is 23.7 Å². The highest BCUT2D eigenvalue weighted by atomic mass is 32.2. The second kappa shape index (κ2) is 8.09. The number of thiophene rings is 1. The van der Waals surface area contributed by atoms with Gasteiger partial charge in [0.1, 0.15) is 0 Å². The van der Waals surface area contributed by atoms with Crippen molar-refractivity contribution in [3.63, 3.8) is 0 Å². The van der Waals surface area contributed by atoms with E-state index in [4.69, 9.17) is 18.6 Å². The molecule has 136 valence electrons. The number of nitrogens with zero attached hydrogens (tertiary/aromatic N) is 2. The van der Waals surface area contributed by atoms with Crippen molar-refractivity contribution in [3.05, 3.63) is 40.6 Å². The van der Waals surface area contributed by atoms with Gasteiger partial charge in [0, 0.05) is 16.2 Å². The highest BCUT2D eigenvalue weighted by molar-refractivity contribution is 7.99. The molecule has 0 unspecified atom stereocenters. The normalized spacial score (nSPS) is 13.9. The van der Waals surface area contributed by atoms with E-state index in [1.165, 1.54) is 11.8 Å². The van der Waals surface area contributed by atoms with Crippen molar-refractivity contribution in [2.75, 3.05) is 19.2 Å². The molecule has 0 saturated carbocycles. The number of rotatable bonds is 8. The van der Waals surface area contributed by atoms with Crippen LogP contribution in [-0.4, -0.2) is 40.6 Å². The molecule has 1 aromatic carbocycles. The molecule has 1 N–H and O–H groups in total. The highest BCUT2D eigenvalue weighted by Gasteiger charge is 2.17. The minimum Gasteiger partial charge on any atom is -0.454 e. The molecule has 0 saturated heterocycles. The van der Waals surface area contributed by atoms with Crippen molar-refractivity contribution in [2.45, 2.75) is 17.9 Å². The third-order valence-electron chi connectivity index (χ3n) is 3.56. The minimum atomic E-state index is -0.610. The molecule has 0 aliphatic carbocycles. The SMILES string of the molecule is O[C@@H](COCc1cccs1)CSc1nnc(-c2ccc3c(c2)OCO3)o1. The van der Waals surface area contributed by atoms with Crippen molar-refractivity contribution in [2.24, 2.45) is 0 Å². The summed E-state index contributed by atoms with van der Waals surface area (Å²) in [6.45, 7) is 0.985. The Morgan fingerprint density at radius 1 is 1.23 bits per heavy atom. The Hall–Kier alpha value is -2.07. The first-order valence-electron chi connectivity index (χ1n) is 7.92. The van der Waals surface area contributed by atoms with Gasteiger partial charge in [0.25, 0.3) is 5.22 Å². The van der Waals surface area contributed by atoms with Crippen LogP contribution in [0.2, 0.25) is 0 Å². The maximum atomic E-state index is 10.0. The van der Waals surface area contributed by atoms with Crippen LogP contribution in [0, 0.1) is 0 Å². The molecule has 0 spiro atoms. The standard InChI is InChI=1S/C17H16N2O5S2/c20-12(7-21-8-13-2-1-5-25-13)9-26-17-19-18-16(24-17)11-3-4-14-15(6-11)23-10-22-14/h1-6,12,20H,7-10H2/t12-/m0/s1. The fourth-order valence-electron chi connectivity index (χ4n) is 2.32. The number of aliphatic hydroxyl groups excluding tert-OH is 1. The Balaban J connectivity index is 1.27. The summed E-state index contributed by atoms with van der Waals surface area (Å²) in [6, 6.07) is 9.43. The lowest BCUT2D eigenvalue weighted by Crippen LogP contribution is -2.17. The molecule has 1 aliphatic rings. The van der Waals surface area contributed by atoms with Crippen LogP contribution in [-0.2, 0) is 11.3 Å². The molecular weight excluding hydrogens is 376 g/mol. The molecule has 0 amide bonds. The van der Waals surface area contributed by atoms with Gasteiger partial charge in [0.15, 0.2) is 11.5 Å². The van der Waals surface area contributed by atoms with Crippen LogP contribution in [0.4, 0.5) is 0 Å². The number of hydrogen-bond donors (Lipinski definition) is 1. The zero-order valence-electron chi connectivity index (χ0n) is 13.7. The third-order valence-corrected chi connectivity index (χ3v) is 5.37. The lowest BCUT2D eigenvalue weighted by Gasteiger charge is -2.08. The van der Waals surface area contributed by atoms with Crippen LogP contribution >= 0.6 is 23.1 Å². The number of fused-ring (bicyclic) bond motifs is 1. The van der Waals surface area contributed by atoms with Gasteiger partial charge in [-0.2, -0.15) is 0 Å². The van der Waals surface area contributed by atoms with Crippen LogP contribution in [0.25, 0.3) is 11.5 Å². The summed E-state index contributed by atoms with van der Waals surface area (Å²) in [4.78, 5) is 1.13. The molecule has 0 bridgehead atoms. The van der Waals surface area contributed by atoms with Gasteiger partial charge in [-0.05, 0) is 29.6 Å². The molecule has 0 radical (unpaired) electrons. The summed E-state index contributed by atoms with van der Waals surface area (Å²) in [5.74, 6) is 2.17. The van der Waals surface area contributed by atoms with Crippen LogP contribution in [0.15, 0.2) is 45.4 Å². The molecule has 1 atom stereocenters. The molecule has 26 heavy (non-hydrogen) atoms. The Bertz CT molecular complexity index is 853. The zero-order chi connectivity index (χ0) is 17.8. The zero-order valence-corrected chi connectivity index (χ0v) is 15.3. The van der Waals surface area contributed by atoms with Gasteiger partial charge in [-0.25, -0.2) is 0 Å². The smallest absolute Gasteiger partial charge is 0.276 e. The van der Waals surface area contributed by atoms with Crippen LogP contribution in [0.3, 0.4) is 0 Å². The molecule has 3 aromatic rings. The maximum Gasteiger partial charge on any atom is 0.276 e. The highest BCUT2D eigenvalue weighted by Crippen LogP contribution is 2.36. The van der Waals surface area contributed by atoms with Crippen molar-refractivity contribution >= 4 is 23.1 Å². The van der Waals surface area contributed by atoms with Gasteiger partial charge in [0.05, 0.1) is 19.3 Å². The summed E-state index contributed by atoms with van der Waals surface area (Å²) in [5.41, 5.74) is 0.758. The lowest BCUT2D eigenvalue weighted by molar-refractivity contribution is 0.0408. The molecule has 7 nitrogen and oxygen atoms in total. The van der Waals surface area contributed by atoms with E-state index in [9.17, 15) is 5.11 Å². The van der Waals surface area contributed by atoms with Gasteiger partial charge in [-0.15, -0.1) is 21.5 Å². The van der Waals surface area contributed by atoms with E-state index < -0.39 is 6.10 Å². The van der Waals surface area contributed by atoms with E-state index in [0.717, 1.165) is 10.4 Å². The number of thioether (sulfide) groups is 1. The van der Waals surface area contributed by atoms with Gasteiger partial charge < -0.3 is 23.7 Å². The topological polar surface area (TPSA) is 86.8 Å². The maximum absolute atomic E-state index is 10.0. The predicted molar refractivity (Wildman–Crippen MR) is 96.6 cm³/mol. The molecular formula is C17H16N2O5S2. The summed E-state index contributed by atoms with van der Waals surface area (Å²) in [5, 5.41) is 20.4. The Morgan fingerprint density at radius 3 is 3.04 bits per heavy atom. The van der Waals surface area contributed by atoms with Gasteiger partial charge >= 0.3 is 0 Å². The summed E-state index contributed by atoms with van der Waals surface area (Å²) in [6.07, 6.45) is -0.610. The molecule has 4 rings (SSSR count). The first kappa shape index (κ1) is 17.3. The largest absolute Gasteiger partial charge is 0.454 e. The van der Waals surface area contributed by atoms with E-state index >= 15 is 0 Å². The minimum absolute atomic E-state index is 0.218. The van der Waals surface area contributed by atoms with Gasteiger partial charge in [-0.3, -0.25) is 0 Å². The van der Waals surface area contributed by atoms with Gasteiger partial charge in [-0.1, -0.05) is 17.8 Å². The van der Waals surface area contributed by atoms with Crippen molar-refractivity contribution in [1.82, 2.24) is 10.2 Å². The van der Waals surface area contributed by atoms with E-state index in [0.29, 0.717) is 35.0 Å². The number of aliphatic hydroxyl groups is 1. The predicted octanol–water partition coefficient (Wildman–Crippen LogP) is 3.20. The Morgan fingerprint density at radius 2 is 2.15 bits per heavy atom. The number of hydrogen-bond acceptors (Lipinski definition) is 9. The molecule has 9 heteroatoms. The summed E-state index contributed by atoms with van der Waals surface area (Å²) >= 11 is 2.92. The van der Waals surface area contributed by atoms with E-state index in [-0.39, 0.29) is 13.4 Å².